The Labute approximate surface area is 414 Å². The number of ether oxygens (including phenoxy) is 3. The second kappa shape index (κ2) is 55.2. The van der Waals surface area contributed by atoms with Crippen molar-refractivity contribution >= 4 is 17.9 Å². The molecule has 67 heavy (non-hydrogen) atoms. The van der Waals surface area contributed by atoms with Gasteiger partial charge in [0.1, 0.15) is 13.2 Å². The summed E-state index contributed by atoms with van der Waals surface area (Å²) in [7, 11) is 0. The molecule has 0 rings (SSSR count). The van der Waals surface area contributed by atoms with E-state index in [2.05, 4.69) is 106 Å². The Bertz CT molecular complexity index is 1300. The van der Waals surface area contributed by atoms with Crippen molar-refractivity contribution in [3.05, 3.63) is 85.1 Å². The van der Waals surface area contributed by atoms with Gasteiger partial charge in [-0.25, -0.2) is 0 Å². The highest BCUT2D eigenvalue weighted by atomic mass is 16.6. The summed E-state index contributed by atoms with van der Waals surface area (Å²) in [5.74, 6) is -0.899. The van der Waals surface area contributed by atoms with E-state index in [4.69, 9.17) is 14.2 Å². The van der Waals surface area contributed by atoms with Gasteiger partial charge in [-0.05, 0) is 77.0 Å². The van der Waals surface area contributed by atoms with Crippen LogP contribution in [0.2, 0.25) is 0 Å². The van der Waals surface area contributed by atoms with Crippen molar-refractivity contribution in [1.29, 1.82) is 0 Å². The van der Waals surface area contributed by atoms with Crippen LogP contribution in [0.15, 0.2) is 85.1 Å². The van der Waals surface area contributed by atoms with Crippen molar-refractivity contribution in [2.75, 3.05) is 13.2 Å². The van der Waals surface area contributed by atoms with Gasteiger partial charge >= 0.3 is 17.9 Å². The smallest absolute Gasteiger partial charge is 0.306 e. The fourth-order valence-corrected chi connectivity index (χ4v) is 7.72. The first kappa shape index (κ1) is 63.6. The molecule has 0 aliphatic rings. The Morgan fingerprint density at radius 3 is 0.910 bits per heavy atom. The summed E-state index contributed by atoms with van der Waals surface area (Å²) in [6, 6.07) is 0. The standard InChI is InChI=1S/C61H104O6/c1-4-7-10-13-16-19-21-23-25-26-27-28-29-30-31-32-33-34-35-36-37-39-40-42-45-48-51-54-60(63)66-57-58(56-65-59(62)53-50-47-44-18-15-12-9-6-3)67-61(64)55-52-49-46-43-41-38-24-22-20-17-14-11-8-5-2/h7,10,16,19,23,25,27-28,30-31,33-34,36-37,58H,4-6,8-9,11-15,17-18,20-22,24,26,29,32,35,38-57H2,1-3H3/b10-7-,19-16-,25-23-,28-27-,31-30-,34-33-,37-36-. The number of hydrogen-bond acceptors (Lipinski definition) is 6. The topological polar surface area (TPSA) is 78.9 Å². The summed E-state index contributed by atoms with van der Waals surface area (Å²) < 4.78 is 16.8. The van der Waals surface area contributed by atoms with Crippen molar-refractivity contribution in [1.82, 2.24) is 0 Å². The molecule has 6 heteroatoms. The van der Waals surface area contributed by atoms with Crippen LogP contribution >= 0.6 is 0 Å². The first-order valence-corrected chi connectivity index (χ1v) is 28.1. The predicted molar refractivity (Wildman–Crippen MR) is 288 cm³/mol. The quantitative estimate of drug-likeness (QED) is 0.0262. The van der Waals surface area contributed by atoms with E-state index < -0.39 is 6.10 Å². The Morgan fingerprint density at radius 1 is 0.313 bits per heavy atom. The van der Waals surface area contributed by atoms with E-state index in [1.54, 1.807) is 0 Å². The monoisotopic (exact) mass is 933 g/mol. The third-order valence-electron chi connectivity index (χ3n) is 11.9. The average Bonchev–Trinajstić information content (AvgIpc) is 3.33. The lowest BCUT2D eigenvalue weighted by Gasteiger charge is -2.18. The van der Waals surface area contributed by atoms with Crippen molar-refractivity contribution in [3.63, 3.8) is 0 Å². The van der Waals surface area contributed by atoms with Gasteiger partial charge in [-0.1, -0.05) is 254 Å². The molecule has 0 aromatic heterocycles. The number of carbonyl (C=O) groups excluding carboxylic acids is 3. The zero-order valence-corrected chi connectivity index (χ0v) is 43.9. The van der Waals surface area contributed by atoms with E-state index in [0.29, 0.717) is 19.3 Å². The van der Waals surface area contributed by atoms with Crippen LogP contribution in [0.5, 0.6) is 0 Å². The van der Waals surface area contributed by atoms with E-state index in [0.717, 1.165) is 122 Å². The van der Waals surface area contributed by atoms with Gasteiger partial charge in [-0.2, -0.15) is 0 Å². The fraction of sp³-hybridized carbons (Fsp3) is 0.721. The van der Waals surface area contributed by atoms with E-state index in [1.807, 2.05) is 0 Å². The van der Waals surface area contributed by atoms with Crippen molar-refractivity contribution in [3.8, 4) is 0 Å². The molecule has 384 valence electrons. The summed E-state index contributed by atoms with van der Waals surface area (Å²) in [5.41, 5.74) is 0. The normalized spacial score (nSPS) is 12.7. The summed E-state index contributed by atoms with van der Waals surface area (Å²) >= 11 is 0. The number of allylic oxidation sites excluding steroid dienone is 14. The molecule has 0 heterocycles. The lowest BCUT2D eigenvalue weighted by atomic mass is 10.0. The molecular weight excluding hydrogens is 829 g/mol. The van der Waals surface area contributed by atoms with Crippen LogP contribution in [-0.2, 0) is 28.6 Å². The minimum atomic E-state index is -0.780. The average molecular weight is 933 g/mol. The first-order valence-electron chi connectivity index (χ1n) is 28.1. The molecule has 0 aromatic rings. The minimum absolute atomic E-state index is 0.0799. The lowest BCUT2D eigenvalue weighted by Crippen LogP contribution is -2.30. The minimum Gasteiger partial charge on any atom is -0.462 e. The SMILES string of the molecule is CC/C=C\C/C=C\C/C=C\C/C=C\C/C=C\C/C=C\C/C=C\CCCCCCCC(=O)OCC(COC(=O)CCCCCCCCCC)OC(=O)CCCCCCCCCCCCCCCC. The molecule has 0 aromatic carbocycles. The Morgan fingerprint density at radius 2 is 0.582 bits per heavy atom. The van der Waals surface area contributed by atoms with Gasteiger partial charge in [-0.3, -0.25) is 14.4 Å². The number of unbranched alkanes of at least 4 members (excludes halogenated alkanes) is 25. The van der Waals surface area contributed by atoms with Gasteiger partial charge < -0.3 is 14.2 Å². The fourth-order valence-electron chi connectivity index (χ4n) is 7.72. The largest absolute Gasteiger partial charge is 0.462 e. The Kier molecular flexibility index (Phi) is 52.4. The molecule has 0 bridgehead atoms. The molecule has 0 radical (unpaired) electrons. The summed E-state index contributed by atoms with van der Waals surface area (Å²) in [6.45, 7) is 6.49. The molecule has 1 unspecified atom stereocenters. The highest BCUT2D eigenvalue weighted by Crippen LogP contribution is 2.15. The van der Waals surface area contributed by atoms with Crippen LogP contribution in [0.25, 0.3) is 0 Å². The van der Waals surface area contributed by atoms with Crippen LogP contribution in [-0.4, -0.2) is 37.2 Å². The van der Waals surface area contributed by atoms with Gasteiger partial charge in [0.25, 0.3) is 0 Å². The molecule has 0 aliphatic heterocycles. The molecule has 0 saturated heterocycles. The molecule has 0 fully saturated rings. The van der Waals surface area contributed by atoms with Gasteiger partial charge in [0.05, 0.1) is 0 Å². The third-order valence-corrected chi connectivity index (χ3v) is 11.9. The maximum absolute atomic E-state index is 12.8. The second-order valence-electron chi connectivity index (χ2n) is 18.5. The second-order valence-corrected chi connectivity index (χ2v) is 18.5. The maximum atomic E-state index is 12.8. The summed E-state index contributed by atoms with van der Waals surface area (Å²) in [5, 5.41) is 0. The Hall–Kier alpha value is -3.41. The highest BCUT2D eigenvalue weighted by molar-refractivity contribution is 5.71. The van der Waals surface area contributed by atoms with Crippen molar-refractivity contribution in [2.45, 2.75) is 271 Å². The molecule has 0 aliphatic carbocycles. The lowest BCUT2D eigenvalue weighted by molar-refractivity contribution is -0.167. The van der Waals surface area contributed by atoms with Crippen molar-refractivity contribution in [2.24, 2.45) is 0 Å². The van der Waals surface area contributed by atoms with Crippen LogP contribution < -0.4 is 0 Å². The van der Waals surface area contributed by atoms with Gasteiger partial charge in [0, 0.05) is 19.3 Å². The van der Waals surface area contributed by atoms with E-state index >= 15 is 0 Å². The highest BCUT2D eigenvalue weighted by Gasteiger charge is 2.19. The predicted octanol–water partition coefficient (Wildman–Crippen LogP) is 18.8. The maximum Gasteiger partial charge on any atom is 0.306 e. The van der Waals surface area contributed by atoms with E-state index in [-0.39, 0.29) is 31.1 Å². The zero-order valence-electron chi connectivity index (χ0n) is 43.9. The van der Waals surface area contributed by atoms with Crippen LogP contribution in [0.4, 0.5) is 0 Å². The van der Waals surface area contributed by atoms with E-state index in [1.165, 1.54) is 103 Å². The molecule has 0 saturated carbocycles. The van der Waals surface area contributed by atoms with Gasteiger partial charge in [0.2, 0.25) is 0 Å². The van der Waals surface area contributed by atoms with Gasteiger partial charge in [-0.15, -0.1) is 0 Å². The number of rotatable bonds is 50. The molecule has 0 spiro atoms. The third kappa shape index (κ3) is 53.4. The molecular formula is C61H104O6. The molecule has 0 amide bonds. The molecule has 6 nitrogen and oxygen atoms in total. The zero-order chi connectivity index (χ0) is 48.6. The van der Waals surface area contributed by atoms with Crippen LogP contribution in [0.3, 0.4) is 0 Å². The summed E-state index contributed by atoms with van der Waals surface area (Å²) in [6.07, 6.45) is 71.5. The Balaban J connectivity index is 4.25. The van der Waals surface area contributed by atoms with Gasteiger partial charge in [0.15, 0.2) is 6.10 Å². The van der Waals surface area contributed by atoms with E-state index in [9.17, 15) is 14.4 Å². The van der Waals surface area contributed by atoms with Crippen LogP contribution in [0, 0.1) is 0 Å². The first-order chi connectivity index (χ1) is 33.0. The van der Waals surface area contributed by atoms with Crippen molar-refractivity contribution < 1.29 is 28.6 Å². The molecule has 1 atom stereocenters. The molecule has 0 N–H and O–H groups in total. The van der Waals surface area contributed by atoms with Crippen LogP contribution in [0.1, 0.15) is 265 Å². The number of hydrogen-bond donors (Lipinski definition) is 0. The number of carbonyl (C=O) groups is 3. The summed E-state index contributed by atoms with van der Waals surface area (Å²) in [4.78, 5) is 37.9. The number of esters is 3.